The second kappa shape index (κ2) is 11.4. The van der Waals surface area contributed by atoms with E-state index in [1.807, 2.05) is 50.2 Å². The summed E-state index contributed by atoms with van der Waals surface area (Å²) >= 11 is 6.00. The number of nitrogens with one attached hydrogen (secondary N) is 1. The summed E-state index contributed by atoms with van der Waals surface area (Å²) in [5.41, 5.74) is 1.80. The van der Waals surface area contributed by atoms with Crippen LogP contribution in [0.1, 0.15) is 59.1 Å². The number of ether oxygens (including phenoxy) is 1. The van der Waals surface area contributed by atoms with Crippen LogP contribution >= 0.6 is 11.6 Å². The van der Waals surface area contributed by atoms with E-state index in [9.17, 15) is 9.59 Å². The van der Waals surface area contributed by atoms with Crippen molar-refractivity contribution >= 4 is 23.4 Å². The molecule has 5 nitrogen and oxygen atoms in total. The van der Waals surface area contributed by atoms with Crippen LogP contribution in [-0.4, -0.2) is 35.4 Å². The molecule has 174 valence electrons. The minimum Gasteiger partial charge on any atom is -0.483 e. The Labute approximate surface area is 197 Å². The van der Waals surface area contributed by atoms with Gasteiger partial charge in [-0.05, 0) is 55.0 Å². The number of para-hydroxylation sites is 1. The van der Waals surface area contributed by atoms with Gasteiger partial charge in [0.1, 0.15) is 11.8 Å². The lowest BCUT2D eigenvalue weighted by Crippen LogP contribution is -2.50. The van der Waals surface area contributed by atoms with Crippen molar-refractivity contribution in [2.24, 2.45) is 0 Å². The van der Waals surface area contributed by atoms with Crippen LogP contribution in [0.25, 0.3) is 0 Å². The molecule has 0 aliphatic rings. The summed E-state index contributed by atoms with van der Waals surface area (Å²) in [4.78, 5) is 27.6. The molecule has 2 rings (SSSR count). The number of hydrogen-bond donors (Lipinski definition) is 1. The first-order valence-corrected chi connectivity index (χ1v) is 11.5. The number of halogens is 1. The Morgan fingerprint density at radius 2 is 1.69 bits per heavy atom. The Bertz CT molecular complexity index is 906. The highest BCUT2D eigenvalue weighted by Crippen LogP contribution is 2.31. The molecular formula is C26H35ClN2O3. The number of rotatable bonds is 9. The molecule has 0 saturated carbocycles. The number of carbonyl (C=O) groups excluding carboxylic acids is 2. The maximum absolute atomic E-state index is 13.2. The van der Waals surface area contributed by atoms with Crippen molar-refractivity contribution in [3.05, 3.63) is 64.7 Å². The molecule has 2 aromatic carbocycles. The van der Waals surface area contributed by atoms with Crippen LogP contribution in [0.4, 0.5) is 0 Å². The predicted molar refractivity (Wildman–Crippen MR) is 130 cm³/mol. The van der Waals surface area contributed by atoms with Crippen LogP contribution in [0.2, 0.25) is 5.02 Å². The van der Waals surface area contributed by atoms with Crippen LogP contribution in [0, 0.1) is 0 Å². The van der Waals surface area contributed by atoms with Crippen LogP contribution in [-0.2, 0) is 21.5 Å². The number of hydrogen-bond acceptors (Lipinski definition) is 3. The summed E-state index contributed by atoms with van der Waals surface area (Å²) in [6.07, 6.45) is 0.816. The van der Waals surface area contributed by atoms with Crippen LogP contribution in [0.15, 0.2) is 48.5 Å². The van der Waals surface area contributed by atoms with Crippen molar-refractivity contribution in [1.82, 2.24) is 10.2 Å². The van der Waals surface area contributed by atoms with Gasteiger partial charge in [-0.3, -0.25) is 9.59 Å². The molecule has 1 N–H and O–H groups in total. The van der Waals surface area contributed by atoms with E-state index in [-0.39, 0.29) is 36.4 Å². The summed E-state index contributed by atoms with van der Waals surface area (Å²) in [6, 6.07) is 14.4. The maximum Gasteiger partial charge on any atom is 0.261 e. The molecule has 0 spiro atoms. The van der Waals surface area contributed by atoms with E-state index in [0.29, 0.717) is 10.8 Å². The van der Waals surface area contributed by atoms with Gasteiger partial charge in [0.25, 0.3) is 5.91 Å². The van der Waals surface area contributed by atoms with Crippen LogP contribution in [0.3, 0.4) is 0 Å². The van der Waals surface area contributed by atoms with Crippen molar-refractivity contribution < 1.29 is 14.3 Å². The van der Waals surface area contributed by atoms with E-state index in [1.54, 1.807) is 24.0 Å². The van der Waals surface area contributed by atoms with Gasteiger partial charge in [-0.2, -0.15) is 0 Å². The quantitative estimate of drug-likeness (QED) is 0.551. The molecule has 0 saturated heterocycles. The van der Waals surface area contributed by atoms with Crippen molar-refractivity contribution in [3.63, 3.8) is 0 Å². The molecule has 6 heteroatoms. The van der Waals surface area contributed by atoms with E-state index < -0.39 is 6.04 Å². The largest absolute Gasteiger partial charge is 0.483 e. The van der Waals surface area contributed by atoms with Gasteiger partial charge in [-0.1, -0.05) is 69.6 Å². The Hall–Kier alpha value is -2.53. The number of carbonyl (C=O) groups is 2. The maximum atomic E-state index is 13.2. The van der Waals surface area contributed by atoms with Crippen molar-refractivity contribution in [2.75, 3.05) is 6.61 Å². The monoisotopic (exact) mass is 458 g/mol. The fourth-order valence-corrected chi connectivity index (χ4v) is 3.40. The third-order valence-electron chi connectivity index (χ3n) is 5.48. The molecular weight excluding hydrogens is 424 g/mol. The predicted octanol–water partition coefficient (Wildman–Crippen LogP) is 5.35. The number of nitrogens with zero attached hydrogens (tertiary/aromatic N) is 1. The highest BCUT2D eigenvalue weighted by atomic mass is 35.5. The van der Waals surface area contributed by atoms with Gasteiger partial charge in [-0.15, -0.1) is 0 Å². The highest BCUT2D eigenvalue weighted by molar-refractivity contribution is 6.30. The summed E-state index contributed by atoms with van der Waals surface area (Å²) in [6.45, 7) is 12.1. The molecule has 2 atom stereocenters. The molecule has 0 radical (unpaired) electrons. The van der Waals surface area contributed by atoms with E-state index in [0.717, 1.165) is 17.5 Å². The molecule has 2 aromatic rings. The van der Waals surface area contributed by atoms with Gasteiger partial charge in [0.05, 0.1) is 0 Å². The summed E-state index contributed by atoms with van der Waals surface area (Å²) in [5.74, 6) is 0.240. The first-order chi connectivity index (χ1) is 15.0. The van der Waals surface area contributed by atoms with Gasteiger partial charge in [-0.25, -0.2) is 0 Å². The first-order valence-electron chi connectivity index (χ1n) is 11.1. The average molecular weight is 459 g/mol. The van der Waals surface area contributed by atoms with Gasteiger partial charge < -0.3 is 15.0 Å². The van der Waals surface area contributed by atoms with Crippen LogP contribution in [0.5, 0.6) is 5.75 Å². The Balaban J connectivity index is 2.21. The molecule has 32 heavy (non-hydrogen) atoms. The third-order valence-corrected chi connectivity index (χ3v) is 5.73. The normalized spacial score (nSPS) is 13.2. The van der Waals surface area contributed by atoms with E-state index in [4.69, 9.17) is 16.3 Å². The topological polar surface area (TPSA) is 58.6 Å². The fraction of sp³-hybridized carbons (Fsp3) is 0.462. The lowest BCUT2D eigenvalue weighted by molar-refractivity contribution is -0.142. The molecule has 0 fully saturated rings. The van der Waals surface area contributed by atoms with Crippen molar-refractivity contribution in [1.29, 1.82) is 0 Å². The fourth-order valence-electron chi connectivity index (χ4n) is 3.27. The Morgan fingerprint density at radius 3 is 2.28 bits per heavy atom. The Kier molecular flexibility index (Phi) is 9.14. The minimum absolute atomic E-state index is 0.0346. The van der Waals surface area contributed by atoms with Gasteiger partial charge in [0.15, 0.2) is 6.61 Å². The minimum atomic E-state index is -0.645. The van der Waals surface area contributed by atoms with Gasteiger partial charge in [0.2, 0.25) is 5.91 Å². The van der Waals surface area contributed by atoms with E-state index >= 15 is 0 Å². The molecule has 0 heterocycles. The molecule has 0 aliphatic carbocycles. The van der Waals surface area contributed by atoms with Crippen LogP contribution < -0.4 is 10.1 Å². The van der Waals surface area contributed by atoms with E-state index in [1.165, 1.54) is 0 Å². The second-order valence-corrected chi connectivity index (χ2v) is 9.61. The lowest BCUT2D eigenvalue weighted by Gasteiger charge is -2.30. The summed E-state index contributed by atoms with van der Waals surface area (Å²) < 4.78 is 5.95. The zero-order valence-corrected chi connectivity index (χ0v) is 20.7. The Morgan fingerprint density at radius 1 is 1.06 bits per heavy atom. The molecule has 0 aromatic heterocycles. The number of amides is 2. The zero-order valence-electron chi connectivity index (χ0n) is 19.9. The first kappa shape index (κ1) is 25.7. The summed E-state index contributed by atoms with van der Waals surface area (Å²) in [7, 11) is 0. The number of benzene rings is 2. The third kappa shape index (κ3) is 7.27. The molecule has 0 bridgehead atoms. The van der Waals surface area contributed by atoms with Crippen molar-refractivity contribution in [3.8, 4) is 5.75 Å². The zero-order chi connectivity index (χ0) is 23.9. The molecule has 2 unspecified atom stereocenters. The average Bonchev–Trinajstić information content (AvgIpc) is 2.76. The van der Waals surface area contributed by atoms with E-state index in [2.05, 4.69) is 26.1 Å². The SMILES string of the molecule is CCC(C)NC(=O)C(C)N(Cc1ccc(Cl)cc1)C(=O)COc1ccccc1C(C)(C)C. The van der Waals surface area contributed by atoms with Gasteiger partial charge >= 0.3 is 0 Å². The molecule has 2 amide bonds. The standard InChI is InChI=1S/C26H35ClN2O3/c1-7-18(2)28-25(31)19(3)29(16-20-12-14-21(27)15-13-20)24(30)17-32-23-11-9-8-10-22(23)26(4,5)6/h8-15,18-19H,7,16-17H2,1-6H3,(H,28,31). The lowest BCUT2D eigenvalue weighted by atomic mass is 9.86. The summed E-state index contributed by atoms with van der Waals surface area (Å²) in [5, 5.41) is 3.59. The highest BCUT2D eigenvalue weighted by Gasteiger charge is 2.28. The second-order valence-electron chi connectivity index (χ2n) is 9.18. The molecule has 0 aliphatic heterocycles. The van der Waals surface area contributed by atoms with Gasteiger partial charge in [0, 0.05) is 17.6 Å². The smallest absolute Gasteiger partial charge is 0.261 e. The van der Waals surface area contributed by atoms with Crippen molar-refractivity contribution in [2.45, 2.75) is 72.0 Å².